The summed E-state index contributed by atoms with van der Waals surface area (Å²) in [6.07, 6.45) is 0.0442. The lowest BCUT2D eigenvalue weighted by Crippen LogP contribution is -2.15. The zero-order valence-corrected chi connectivity index (χ0v) is 15.6. The van der Waals surface area contributed by atoms with Crippen molar-refractivity contribution in [3.63, 3.8) is 0 Å². The number of aryl methyl sites for hydroxylation is 1. The molecule has 0 atom stereocenters. The maximum atomic E-state index is 12.6. The topological polar surface area (TPSA) is 94.3 Å². The predicted octanol–water partition coefficient (Wildman–Crippen LogP) is 3.31. The van der Waals surface area contributed by atoms with E-state index in [2.05, 4.69) is 10.3 Å². The summed E-state index contributed by atoms with van der Waals surface area (Å²) in [5.41, 5.74) is 8.29. The smallest absolute Gasteiger partial charge is 0.261 e. The second kappa shape index (κ2) is 8.46. The van der Waals surface area contributed by atoms with E-state index >= 15 is 0 Å². The van der Waals surface area contributed by atoms with E-state index in [-0.39, 0.29) is 12.3 Å². The van der Waals surface area contributed by atoms with Crippen molar-refractivity contribution >= 4 is 28.3 Å². The number of primary amides is 1. The summed E-state index contributed by atoms with van der Waals surface area (Å²) >= 11 is 1.24. The van der Waals surface area contributed by atoms with Gasteiger partial charge in [-0.1, -0.05) is 42.0 Å². The lowest BCUT2D eigenvalue weighted by Gasteiger charge is -2.11. The third kappa shape index (κ3) is 5.15. The number of carbonyl (C=O) groups is 2. The maximum absolute atomic E-state index is 12.6. The highest BCUT2D eigenvalue weighted by molar-refractivity contribution is 7.14. The first kappa shape index (κ1) is 18.6. The number of nitrogens with one attached hydrogen (secondary N) is 1. The van der Waals surface area contributed by atoms with Gasteiger partial charge in [0.1, 0.15) is 12.4 Å². The first-order valence-corrected chi connectivity index (χ1v) is 9.20. The molecule has 3 rings (SSSR count). The number of anilines is 1. The third-order valence-electron chi connectivity index (χ3n) is 3.74. The second-order valence-electron chi connectivity index (χ2n) is 6.02. The van der Waals surface area contributed by atoms with Crippen LogP contribution >= 0.6 is 11.3 Å². The fourth-order valence-corrected chi connectivity index (χ4v) is 3.24. The summed E-state index contributed by atoms with van der Waals surface area (Å²) < 4.78 is 5.86. The number of nitrogens with two attached hydrogens (primary N) is 1. The summed E-state index contributed by atoms with van der Waals surface area (Å²) in [6.45, 7) is 2.39. The highest BCUT2D eigenvalue weighted by Gasteiger charge is 2.14. The Kier molecular flexibility index (Phi) is 5.83. The molecule has 0 fully saturated rings. The number of carbonyl (C=O) groups excluding carboxylic acids is 2. The minimum Gasteiger partial charge on any atom is -0.488 e. The van der Waals surface area contributed by atoms with E-state index in [1.165, 1.54) is 11.3 Å². The van der Waals surface area contributed by atoms with Crippen molar-refractivity contribution in [2.45, 2.75) is 20.0 Å². The quantitative estimate of drug-likeness (QED) is 0.656. The molecule has 27 heavy (non-hydrogen) atoms. The van der Waals surface area contributed by atoms with Gasteiger partial charge in [0.15, 0.2) is 5.13 Å². The van der Waals surface area contributed by atoms with Gasteiger partial charge in [-0.05, 0) is 24.6 Å². The average Bonchev–Trinajstić information content (AvgIpc) is 3.06. The molecule has 2 amide bonds. The van der Waals surface area contributed by atoms with Crippen molar-refractivity contribution in [2.75, 3.05) is 5.32 Å². The minimum absolute atomic E-state index is 0.0442. The van der Waals surface area contributed by atoms with Crippen LogP contribution in [0.1, 0.15) is 27.2 Å². The Morgan fingerprint density at radius 1 is 1.19 bits per heavy atom. The number of para-hydroxylation sites is 1. The lowest BCUT2D eigenvalue weighted by atomic mass is 10.1. The average molecular weight is 381 g/mol. The number of ether oxygens (including phenoxy) is 1. The Bertz CT molecular complexity index is 968. The number of benzene rings is 2. The van der Waals surface area contributed by atoms with E-state index in [4.69, 9.17) is 10.5 Å². The summed E-state index contributed by atoms with van der Waals surface area (Å²) in [6, 6.07) is 15.0. The van der Waals surface area contributed by atoms with Crippen LogP contribution in [0.3, 0.4) is 0 Å². The molecule has 3 aromatic rings. The van der Waals surface area contributed by atoms with E-state index in [0.717, 1.165) is 11.1 Å². The largest absolute Gasteiger partial charge is 0.488 e. The van der Waals surface area contributed by atoms with Crippen LogP contribution in [0.2, 0.25) is 0 Å². The van der Waals surface area contributed by atoms with Gasteiger partial charge in [-0.2, -0.15) is 0 Å². The number of hydrogen-bond donors (Lipinski definition) is 2. The van der Waals surface area contributed by atoms with Crippen molar-refractivity contribution in [3.8, 4) is 5.75 Å². The van der Waals surface area contributed by atoms with Crippen LogP contribution < -0.4 is 15.8 Å². The third-order valence-corrected chi connectivity index (χ3v) is 4.54. The van der Waals surface area contributed by atoms with Gasteiger partial charge >= 0.3 is 0 Å². The fourth-order valence-electron chi connectivity index (χ4n) is 2.53. The van der Waals surface area contributed by atoms with E-state index in [1.807, 2.05) is 37.3 Å². The van der Waals surface area contributed by atoms with Gasteiger partial charge in [0.25, 0.3) is 5.91 Å². The van der Waals surface area contributed by atoms with Gasteiger partial charge in [0.05, 0.1) is 17.7 Å². The molecule has 0 aliphatic heterocycles. The number of hydrogen-bond acceptors (Lipinski definition) is 5. The van der Waals surface area contributed by atoms with Crippen molar-refractivity contribution in [1.29, 1.82) is 0 Å². The first-order chi connectivity index (χ1) is 13.0. The molecule has 0 unspecified atom stereocenters. The van der Waals surface area contributed by atoms with E-state index < -0.39 is 5.91 Å². The molecule has 138 valence electrons. The maximum Gasteiger partial charge on any atom is 0.261 e. The van der Waals surface area contributed by atoms with Crippen LogP contribution in [0.15, 0.2) is 53.9 Å². The van der Waals surface area contributed by atoms with Gasteiger partial charge < -0.3 is 10.5 Å². The monoisotopic (exact) mass is 381 g/mol. The van der Waals surface area contributed by atoms with Crippen molar-refractivity contribution in [2.24, 2.45) is 5.73 Å². The van der Waals surface area contributed by atoms with Gasteiger partial charge in [-0.15, -0.1) is 11.3 Å². The van der Waals surface area contributed by atoms with Crippen LogP contribution in [-0.4, -0.2) is 16.8 Å². The van der Waals surface area contributed by atoms with Crippen molar-refractivity contribution < 1.29 is 14.3 Å². The molecule has 7 heteroatoms. The Morgan fingerprint density at radius 3 is 2.78 bits per heavy atom. The van der Waals surface area contributed by atoms with E-state index in [1.54, 1.807) is 23.6 Å². The van der Waals surface area contributed by atoms with Crippen LogP contribution in [0.4, 0.5) is 5.13 Å². The number of aromatic nitrogens is 1. The van der Waals surface area contributed by atoms with Gasteiger partial charge in [0, 0.05) is 5.38 Å². The molecular formula is C20H19N3O3S. The molecule has 0 spiro atoms. The summed E-state index contributed by atoms with van der Waals surface area (Å²) in [7, 11) is 0. The molecule has 0 bridgehead atoms. The number of nitrogens with zero attached hydrogens (tertiary/aromatic N) is 1. The molecule has 0 aliphatic carbocycles. The normalized spacial score (nSPS) is 10.4. The Balaban J connectivity index is 1.70. The van der Waals surface area contributed by atoms with Gasteiger partial charge in [-0.25, -0.2) is 4.98 Å². The van der Waals surface area contributed by atoms with Crippen LogP contribution in [0.25, 0.3) is 0 Å². The summed E-state index contributed by atoms with van der Waals surface area (Å²) in [5, 5.41) is 4.84. The molecule has 0 aliphatic rings. The molecule has 1 aromatic heterocycles. The van der Waals surface area contributed by atoms with Crippen molar-refractivity contribution in [3.05, 3.63) is 76.3 Å². The number of rotatable bonds is 7. The Labute approximate surface area is 161 Å². The van der Waals surface area contributed by atoms with Gasteiger partial charge in [0.2, 0.25) is 5.91 Å². The zero-order valence-electron chi connectivity index (χ0n) is 14.8. The standard InChI is InChI=1S/C20H19N3O3S/c1-13-5-4-6-14(9-13)11-26-17-8-3-2-7-16(17)19(25)23-20-22-15(12-27-20)10-18(21)24/h2-9,12H,10-11H2,1H3,(H2,21,24)(H,22,23,25). The fraction of sp³-hybridized carbons (Fsp3) is 0.150. The molecule has 2 aromatic carbocycles. The van der Waals surface area contributed by atoms with Crippen LogP contribution in [0, 0.1) is 6.92 Å². The van der Waals surface area contributed by atoms with Gasteiger partial charge in [-0.3, -0.25) is 14.9 Å². The number of thiazole rings is 1. The Hall–Kier alpha value is -3.19. The number of amides is 2. The summed E-state index contributed by atoms with van der Waals surface area (Å²) in [4.78, 5) is 27.8. The van der Waals surface area contributed by atoms with Crippen LogP contribution in [-0.2, 0) is 17.8 Å². The zero-order chi connectivity index (χ0) is 19.2. The van der Waals surface area contributed by atoms with Crippen molar-refractivity contribution in [1.82, 2.24) is 4.98 Å². The predicted molar refractivity (Wildman–Crippen MR) is 105 cm³/mol. The first-order valence-electron chi connectivity index (χ1n) is 8.32. The Morgan fingerprint density at radius 2 is 2.00 bits per heavy atom. The molecule has 3 N–H and O–H groups in total. The minimum atomic E-state index is -0.465. The second-order valence-corrected chi connectivity index (χ2v) is 6.87. The highest BCUT2D eigenvalue weighted by Crippen LogP contribution is 2.22. The lowest BCUT2D eigenvalue weighted by molar-refractivity contribution is -0.117. The molecule has 6 nitrogen and oxygen atoms in total. The molecule has 0 saturated carbocycles. The van der Waals surface area contributed by atoms with Crippen LogP contribution in [0.5, 0.6) is 5.75 Å². The summed E-state index contributed by atoms with van der Waals surface area (Å²) in [5.74, 6) is -0.298. The molecule has 0 radical (unpaired) electrons. The molecule has 0 saturated heterocycles. The molecular weight excluding hydrogens is 362 g/mol. The SMILES string of the molecule is Cc1cccc(COc2ccccc2C(=O)Nc2nc(CC(N)=O)cs2)c1. The van der Waals surface area contributed by atoms with E-state index in [9.17, 15) is 9.59 Å². The highest BCUT2D eigenvalue weighted by atomic mass is 32.1. The van der Waals surface area contributed by atoms with E-state index in [0.29, 0.717) is 28.7 Å². The molecule has 1 heterocycles.